The zero-order valence-corrected chi connectivity index (χ0v) is 16.1. The van der Waals surface area contributed by atoms with Crippen molar-refractivity contribution in [1.82, 2.24) is 9.80 Å². The summed E-state index contributed by atoms with van der Waals surface area (Å²) in [6.07, 6.45) is 3.03. The Hall–Kier alpha value is -2.09. The molecule has 154 valence electrons. The first kappa shape index (κ1) is 20.6. The van der Waals surface area contributed by atoms with Gasteiger partial charge in [0.05, 0.1) is 0 Å². The van der Waals surface area contributed by atoms with Crippen molar-refractivity contribution in [2.24, 2.45) is 11.7 Å². The lowest BCUT2D eigenvalue weighted by atomic mass is 9.82. The third-order valence-corrected chi connectivity index (χ3v) is 6.01. The van der Waals surface area contributed by atoms with Crippen molar-refractivity contribution in [3.8, 4) is 0 Å². The molecule has 0 saturated carbocycles. The fraction of sp³-hybridized carbons (Fsp3) is 0.600. The molecule has 5 nitrogen and oxygen atoms in total. The molecule has 0 aliphatic carbocycles. The van der Waals surface area contributed by atoms with E-state index in [9.17, 15) is 22.8 Å². The minimum absolute atomic E-state index is 0.0204. The van der Waals surface area contributed by atoms with Gasteiger partial charge in [0, 0.05) is 38.3 Å². The predicted molar refractivity (Wildman–Crippen MR) is 97.7 cm³/mol. The highest BCUT2D eigenvalue weighted by molar-refractivity contribution is 5.97. The van der Waals surface area contributed by atoms with Crippen LogP contribution in [0, 0.1) is 23.4 Å². The number of hydrogen-bond donors (Lipinski definition) is 1. The predicted octanol–water partition coefficient (Wildman–Crippen LogP) is 2.22. The van der Waals surface area contributed by atoms with Crippen LogP contribution in [0.2, 0.25) is 0 Å². The molecule has 2 bridgehead atoms. The minimum atomic E-state index is -1.22. The third-order valence-electron chi connectivity index (χ3n) is 6.01. The van der Waals surface area contributed by atoms with Crippen LogP contribution in [-0.2, 0) is 16.0 Å². The van der Waals surface area contributed by atoms with E-state index >= 15 is 0 Å². The highest BCUT2D eigenvalue weighted by atomic mass is 19.2. The number of nitrogens with zero attached hydrogens (tertiary/aromatic N) is 2. The van der Waals surface area contributed by atoms with E-state index in [1.807, 2.05) is 4.90 Å². The van der Waals surface area contributed by atoms with Crippen LogP contribution in [0.1, 0.15) is 37.7 Å². The molecule has 2 amide bonds. The first-order valence-electron chi connectivity index (χ1n) is 9.57. The summed E-state index contributed by atoms with van der Waals surface area (Å²) in [7, 11) is 3.24. The van der Waals surface area contributed by atoms with E-state index in [1.54, 1.807) is 14.1 Å². The van der Waals surface area contributed by atoms with E-state index < -0.39 is 23.5 Å². The Morgan fingerprint density at radius 2 is 1.68 bits per heavy atom. The second-order valence-electron chi connectivity index (χ2n) is 8.11. The smallest absolute Gasteiger partial charge is 0.232 e. The Kier molecular flexibility index (Phi) is 5.98. The van der Waals surface area contributed by atoms with Gasteiger partial charge in [-0.05, 0) is 49.7 Å². The van der Waals surface area contributed by atoms with Crippen LogP contribution in [0.15, 0.2) is 12.1 Å². The summed E-state index contributed by atoms with van der Waals surface area (Å²) >= 11 is 0. The Bertz CT molecular complexity index is 757. The molecule has 2 aliphatic heterocycles. The highest BCUT2D eigenvalue weighted by Gasteiger charge is 2.44. The highest BCUT2D eigenvalue weighted by Crippen LogP contribution is 2.40. The van der Waals surface area contributed by atoms with E-state index in [2.05, 4.69) is 0 Å². The van der Waals surface area contributed by atoms with Gasteiger partial charge in [-0.25, -0.2) is 13.2 Å². The van der Waals surface area contributed by atoms with Crippen molar-refractivity contribution < 1.29 is 22.8 Å². The summed E-state index contributed by atoms with van der Waals surface area (Å²) in [6.45, 7) is 0. The maximum Gasteiger partial charge on any atom is 0.232 e. The third kappa shape index (κ3) is 4.16. The normalized spacial score (nSPS) is 24.9. The number of amides is 2. The van der Waals surface area contributed by atoms with Gasteiger partial charge in [0.15, 0.2) is 11.6 Å². The van der Waals surface area contributed by atoms with E-state index in [-0.39, 0.29) is 48.2 Å². The largest absolute Gasteiger partial charge is 0.348 e. The van der Waals surface area contributed by atoms with E-state index in [4.69, 9.17) is 5.73 Å². The molecular weight excluding hydrogens is 371 g/mol. The minimum Gasteiger partial charge on any atom is -0.348 e. The summed E-state index contributed by atoms with van der Waals surface area (Å²) < 4.78 is 40.5. The molecule has 2 aliphatic rings. The van der Waals surface area contributed by atoms with Crippen LogP contribution < -0.4 is 5.73 Å². The van der Waals surface area contributed by atoms with Gasteiger partial charge in [-0.1, -0.05) is 0 Å². The Balaban J connectivity index is 1.64. The van der Waals surface area contributed by atoms with Crippen LogP contribution in [0.25, 0.3) is 0 Å². The number of fused-ring (bicyclic) bond motifs is 2. The molecule has 2 heterocycles. The Morgan fingerprint density at radius 3 is 2.25 bits per heavy atom. The van der Waals surface area contributed by atoms with E-state index in [0.29, 0.717) is 18.9 Å². The Morgan fingerprint density at radius 1 is 1.11 bits per heavy atom. The molecule has 0 spiro atoms. The monoisotopic (exact) mass is 397 g/mol. The molecule has 8 heteroatoms. The van der Waals surface area contributed by atoms with E-state index in [0.717, 1.165) is 18.9 Å². The van der Waals surface area contributed by atoms with Crippen LogP contribution in [-0.4, -0.2) is 53.8 Å². The zero-order chi connectivity index (χ0) is 20.6. The van der Waals surface area contributed by atoms with Crippen molar-refractivity contribution in [1.29, 1.82) is 0 Å². The maximum absolute atomic E-state index is 13.9. The van der Waals surface area contributed by atoms with Crippen molar-refractivity contribution in [2.75, 3.05) is 14.1 Å². The molecular formula is C20H26F3N3O2. The van der Waals surface area contributed by atoms with E-state index in [1.165, 1.54) is 4.90 Å². The van der Waals surface area contributed by atoms with Crippen molar-refractivity contribution in [3.63, 3.8) is 0 Å². The summed E-state index contributed by atoms with van der Waals surface area (Å²) in [6, 6.07) is 1.04. The average molecular weight is 397 g/mol. The van der Waals surface area contributed by atoms with Gasteiger partial charge in [-0.15, -0.1) is 0 Å². The summed E-state index contributed by atoms with van der Waals surface area (Å²) in [5.74, 6) is -3.44. The van der Waals surface area contributed by atoms with Gasteiger partial charge in [-0.2, -0.15) is 0 Å². The molecule has 2 fully saturated rings. The quantitative estimate of drug-likeness (QED) is 0.612. The second-order valence-corrected chi connectivity index (χ2v) is 8.11. The molecule has 2 N–H and O–H groups in total. The van der Waals surface area contributed by atoms with Crippen LogP contribution >= 0.6 is 0 Å². The fourth-order valence-corrected chi connectivity index (χ4v) is 4.50. The summed E-state index contributed by atoms with van der Waals surface area (Å²) in [5.41, 5.74) is 6.35. The number of rotatable bonds is 5. The number of piperidine rings is 1. The maximum atomic E-state index is 13.9. The van der Waals surface area contributed by atoms with Crippen LogP contribution in [0.5, 0.6) is 0 Å². The van der Waals surface area contributed by atoms with Gasteiger partial charge >= 0.3 is 0 Å². The number of carbonyl (C=O) groups excluding carboxylic acids is 2. The molecule has 2 unspecified atom stereocenters. The second kappa shape index (κ2) is 8.11. The van der Waals surface area contributed by atoms with Gasteiger partial charge in [-0.3, -0.25) is 9.59 Å². The summed E-state index contributed by atoms with van der Waals surface area (Å²) in [4.78, 5) is 27.7. The number of nitrogens with two attached hydrogens (primary N) is 1. The average Bonchev–Trinajstić information content (AvgIpc) is 2.89. The fourth-order valence-electron chi connectivity index (χ4n) is 4.50. The van der Waals surface area contributed by atoms with Crippen molar-refractivity contribution >= 4 is 11.8 Å². The SMILES string of the molecule is CN(C)C(=O)CC(=O)N1C2CCC1CC([C@H](N)Cc1cc(F)c(F)cc1F)C2. The lowest BCUT2D eigenvalue weighted by Gasteiger charge is -2.41. The summed E-state index contributed by atoms with van der Waals surface area (Å²) in [5, 5.41) is 0. The molecule has 2 saturated heterocycles. The lowest BCUT2D eigenvalue weighted by molar-refractivity contribution is -0.142. The number of halogens is 3. The number of hydrogen-bond acceptors (Lipinski definition) is 3. The molecule has 1 aromatic carbocycles. The lowest BCUT2D eigenvalue weighted by Crippen LogP contribution is -2.51. The number of carbonyl (C=O) groups is 2. The molecule has 1 aromatic rings. The first-order valence-corrected chi connectivity index (χ1v) is 9.57. The number of benzene rings is 1. The topological polar surface area (TPSA) is 66.6 Å². The van der Waals surface area contributed by atoms with Gasteiger partial charge in [0.2, 0.25) is 11.8 Å². The molecule has 3 atom stereocenters. The van der Waals surface area contributed by atoms with Gasteiger partial charge in [0.1, 0.15) is 12.2 Å². The first-order chi connectivity index (χ1) is 13.2. The zero-order valence-electron chi connectivity index (χ0n) is 16.1. The molecule has 0 radical (unpaired) electrons. The van der Waals surface area contributed by atoms with Crippen molar-refractivity contribution in [2.45, 2.75) is 56.7 Å². The van der Waals surface area contributed by atoms with Crippen molar-refractivity contribution in [3.05, 3.63) is 35.1 Å². The molecule has 0 aromatic heterocycles. The molecule has 28 heavy (non-hydrogen) atoms. The van der Waals surface area contributed by atoms with Crippen LogP contribution in [0.4, 0.5) is 13.2 Å². The standard InChI is InChI=1S/C20H26F3N3O2/c1-25(2)19(27)10-20(28)26-13-3-4-14(26)6-12(5-13)18(24)8-11-7-16(22)17(23)9-15(11)21/h7,9,12-14,18H,3-6,8,10,24H2,1-2H3/t12?,13?,14?,18-/m1/s1. The molecule has 3 rings (SSSR count). The Labute approximate surface area is 162 Å². The van der Waals surface area contributed by atoms with Crippen LogP contribution in [0.3, 0.4) is 0 Å². The van der Waals surface area contributed by atoms with Gasteiger partial charge in [0.25, 0.3) is 0 Å². The van der Waals surface area contributed by atoms with Gasteiger partial charge < -0.3 is 15.5 Å².